The summed E-state index contributed by atoms with van der Waals surface area (Å²) >= 11 is 0. The third-order valence-electron chi connectivity index (χ3n) is 2.61. The molecule has 2 nitrogen and oxygen atoms in total. The normalized spacial score (nSPS) is 10.6. The Balaban J connectivity index is 2.20. The van der Waals surface area contributed by atoms with Gasteiger partial charge in [0.15, 0.2) is 6.20 Å². The summed E-state index contributed by atoms with van der Waals surface area (Å²) in [5.74, 6) is 0. The summed E-state index contributed by atoms with van der Waals surface area (Å²) in [5.41, 5.74) is 2.92. The quantitative estimate of drug-likeness (QED) is 0.579. The molecule has 0 spiro atoms. The first kappa shape index (κ1) is 11.3. The Morgan fingerprint density at radius 3 is 2.29 bits per heavy atom. The molecule has 0 aliphatic rings. The Kier molecular flexibility index (Phi) is 3.46. The van der Waals surface area contributed by atoms with Crippen LogP contribution in [0.25, 0.3) is 12.2 Å². The summed E-state index contributed by atoms with van der Waals surface area (Å²) in [4.78, 5) is 10.5. The molecule has 2 heteroatoms. The molecule has 0 radical (unpaired) electrons. The molecule has 0 bridgehead atoms. The van der Waals surface area contributed by atoms with Gasteiger partial charge >= 0.3 is 0 Å². The Hall–Kier alpha value is -2.22. The monoisotopic (exact) mass is 224 g/mol. The molecule has 0 aliphatic carbocycles. The van der Waals surface area contributed by atoms with Crippen molar-refractivity contribution in [2.24, 2.45) is 7.05 Å². The lowest BCUT2D eigenvalue weighted by Gasteiger charge is -1.94. The minimum atomic E-state index is 0.701. The summed E-state index contributed by atoms with van der Waals surface area (Å²) in [5, 5.41) is 0. The van der Waals surface area contributed by atoms with E-state index in [4.69, 9.17) is 0 Å². The number of aldehydes is 1. The number of pyridine rings is 1. The molecule has 0 fully saturated rings. The van der Waals surface area contributed by atoms with Gasteiger partial charge in [-0.1, -0.05) is 24.3 Å². The first-order chi connectivity index (χ1) is 8.29. The third-order valence-corrected chi connectivity index (χ3v) is 2.61. The average Bonchev–Trinajstić information content (AvgIpc) is 2.38. The van der Waals surface area contributed by atoms with Gasteiger partial charge in [-0.25, -0.2) is 4.57 Å². The van der Waals surface area contributed by atoms with Crippen molar-refractivity contribution >= 4 is 18.4 Å². The first-order valence-corrected chi connectivity index (χ1v) is 5.47. The van der Waals surface area contributed by atoms with Crippen LogP contribution in [0, 0.1) is 0 Å². The lowest BCUT2D eigenvalue weighted by molar-refractivity contribution is -0.673. The van der Waals surface area contributed by atoms with Crippen LogP contribution in [0.1, 0.15) is 21.6 Å². The van der Waals surface area contributed by atoms with Crippen LogP contribution < -0.4 is 4.57 Å². The summed E-state index contributed by atoms with van der Waals surface area (Å²) < 4.78 is 2.05. The van der Waals surface area contributed by atoms with Crippen LogP contribution in [0.3, 0.4) is 0 Å². The lowest BCUT2D eigenvalue weighted by atomic mass is 10.1. The predicted octanol–water partition coefficient (Wildman–Crippen LogP) is 2.49. The molecule has 2 aromatic rings. The molecule has 1 aromatic carbocycles. The van der Waals surface area contributed by atoms with E-state index in [-0.39, 0.29) is 0 Å². The molecular weight excluding hydrogens is 210 g/mol. The van der Waals surface area contributed by atoms with Crippen molar-refractivity contribution < 1.29 is 9.36 Å². The Labute approximate surface area is 101 Å². The fraction of sp³-hybridized carbons (Fsp3) is 0.0667. The number of aryl methyl sites for hydroxylation is 1. The Bertz CT molecular complexity index is 541. The number of aromatic nitrogens is 1. The highest BCUT2D eigenvalue weighted by molar-refractivity contribution is 5.76. The van der Waals surface area contributed by atoms with Crippen LogP contribution in [0.5, 0.6) is 0 Å². The number of nitrogens with zero attached hydrogens (tertiary/aromatic N) is 1. The van der Waals surface area contributed by atoms with Crippen molar-refractivity contribution in [1.29, 1.82) is 0 Å². The molecule has 84 valence electrons. The first-order valence-electron chi connectivity index (χ1n) is 5.47. The fourth-order valence-corrected chi connectivity index (χ4v) is 1.58. The highest BCUT2D eigenvalue weighted by Gasteiger charge is 1.98. The number of benzene rings is 1. The third kappa shape index (κ3) is 2.88. The largest absolute Gasteiger partial charge is 0.298 e. The van der Waals surface area contributed by atoms with Crippen LogP contribution >= 0.6 is 0 Å². The van der Waals surface area contributed by atoms with Crippen molar-refractivity contribution in [3.63, 3.8) is 0 Å². The van der Waals surface area contributed by atoms with E-state index in [1.54, 1.807) is 0 Å². The van der Waals surface area contributed by atoms with E-state index < -0.39 is 0 Å². The SMILES string of the molecule is C[n+]1ccccc1C=Cc1ccc(C=O)cc1. The number of hydrogen-bond donors (Lipinski definition) is 0. The second-order valence-electron chi connectivity index (χ2n) is 3.85. The molecule has 2 rings (SSSR count). The standard InChI is InChI=1S/C15H14NO/c1-16-11-3-2-4-15(16)10-9-13-5-7-14(12-17)8-6-13/h2-12H,1H3/q+1. The maximum absolute atomic E-state index is 10.5. The summed E-state index contributed by atoms with van der Waals surface area (Å²) in [6, 6.07) is 13.6. The number of hydrogen-bond acceptors (Lipinski definition) is 1. The molecule has 0 saturated carbocycles. The molecule has 0 aliphatic heterocycles. The second kappa shape index (κ2) is 5.21. The van der Waals surface area contributed by atoms with Gasteiger partial charge in [-0.3, -0.25) is 4.79 Å². The topological polar surface area (TPSA) is 20.9 Å². The van der Waals surface area contributed by atoms with E-state index in [0.717, 1.165) is 17.5 Å². The lowest BCUT2D eigenvalue weighted by Crippen LogP contribution is -2.30. The Morgan fingerprint density at radius 1 is 0.941 bits per heavy atom. The van der Waals surface area contributed by atoms with Gasteiger partial charge in [-0.2, -0.15) is 0 Å². The van der Waals surface area contributed by atoms with Crippen LogP contribution in [-0.4, -0.2) is 6.29 Å². The van der Waals surface area contributed by atoms with Crippen molar-refractivity contribution in [2.45, 2.75) is 0 Å². The number of carbonyl (C=O) groups is 1. The Morgan fingerprint density at radius 2 is 1.65 bits per heavy atom. The van der Waals surface area contributed by atoms with E-state index in [2.05, 4.69) is 16.7 Å². The van der Waals surface area contributed by atoms with E-state index >= 15 is 0 Å². The van der Waals surface area contributed by atoms with Crippen molar-refractivity contribution in [3.8, 4) is 0 Å². The van der Waals surface area contributed by atoms with Crippen molar-refractivity contribution in [1.82, 2.24) is 0 Å². The molecule has 1 heterocycles. The van der Waals surface area contributed by atoms with Gasteiger partial charge in [-0.15, -0.1) is 0 Å². The summed E-state index contributed by atoms with van der Waals surface area (Å²) in [6.07, 6.45) is 6.94. The smallest absolute Gasteiger partial charge is 0.204 e. The maximum Gasteiger partial charge on any atom is 0.204 e. The molecular formula is C15H14NO+. The van der Waals surface area contributed by atoms with E-state index in [1.165, 1.54) is 0 Å². The molecule has 0 unspecified atom stereocenters. The minimum Gasteiger partial charge on any atom is -0.298 e. The van der Waals surface area contributed by atoms with Gasteiger partial charge in [0.2, 0.25) is 5.69 Å². The molecule has 0 atom stereocenters. The zero-order valence-corrected chi connectivity index (χ0v) is 9.71. The van der Waals surface area contributed by atoms with Crippen LogP contribution in [-0.2, 0) is 7.05 Å². The van der Waals surface area contributed by atoms with Gasteiger partial charge < -0.3 is 0 Å². The average molecular weight is 224 g/mol. The number of rotatable bonds is 3. The van der Waals surface area contributed by atoms with Crippen LogP contribution in [0.2, 0.25) is 0 Å². The second-order valence-corrected chi connectivity index (χ2v) is 3.85. The fourth-order valence-electron chi connectivity index (χ4n) is 1.58. The van der Waals surface area contributed by atoms with Gasteiger partial charge in [-0.05, 0) is 17.7 Å². The van der Waals surface area contributed by atoms with Gasteiger partial charge in [0, 0.05) is 23.8 Å². The summed E-state index contributed by atoms with van der Waals surface area (Å²) in [7, 11) is 2.01. The zero-order chi connectivity index (χ0) is 12.1. The molecule has 1 aromatic heterocycles. The van der Waals surface area contributed by atoms with Crippen molar-refractivity contribution in [3.05, 3.63) is 65.5 Å². The van der Waals surface area contributed by atoms with Gasteiger partial charge in [0.1, 0.15) is 13.3 Å². The van der Waals surface area contributed by atoms with Gasteiger partial charge in [0.25, 0.3) is 0 Å². The molecule has 0 saturated heterocycles. The highest BCUT2D eigenvalue weighted by Crippen LogP contribution is 2.06. The van der Waals surface area contributed by atoms with E-state index in [0.29, 0.717) is 5.56 Å². The van der Waals surface area contributed by atoms with Crippen molar-refractivity contribution in [2.75, 3.05) is 0 Å². The molecule has 17 heavy (non-hydrogen) atoms. The molecule has 0 amide bonds. The molecule has 0 N–H and O–H groups in total. The number of carbonyl (C=O) groups excluding carboxylic acids is 1. The van der Waals surface area contributed by atoms with E-state index in [1.807, 2.05) is 55.7 Å². The highest BCUT2D eigenvalue weighted by atomic mass is 16.1. The van der Waals surface area contributed by atoms with Crippen LogP contribution in [0.15, 0.2) is 48.7 Å². The predicted molar refractivity (Wildman–Crippen MR) is 68.4 cm³/mol. The zero-order valence-electron chi connectivity index (χ0n) is 9.71. The maximum atomic E-state index is 10.5. The van der Waals surface area contributed by atoms with Crippen LogP contribution in [0.4, 0.5) is 0 Å². The van der Waals surface area contributed by atoms with E-state index in [9.17, 15) is 4.79 Å². The van der Waals surface area contributed by atoms with Gasteiger partial charge in [0.05, 0.1) is 0 Å². The summed E-state index contributed by atoms with van der Waals surface area (Å²) in [6.45, 7) is 0. The minimum absolute atomic E-state index is 0.701.